The largest absolute Gasteiger partial charge is 0.325 e. The average Bonchev–Trinajstić information content (AvgIpc) is 2.55. The molecule has 0 bridgehead atoms. The predicted octanol–water partition coefficient (Wildman–Crippen LogP) is 4.47. The summed E-state index contributed by atoms with van der Waals surface area (Å²) in [5, 5.41) is 3.18. The molecule has 1 unspecified atom stereocenters. The Kier molecular flexibility index (Phi) is 5.06. The Bertz CT molecular complexity index is 881. The maximum absolute atomic E-state index is 12.4. The van der Waals surface area contributed by atoms with Crippen LogP contribution in [-0.2, 0) is 4.79 Å². The van der Waals surface area contributed by atoms with Gasteiger partial charge < -0.3 is 5.32 Å². The van der Waals surface area contributed by atoms with Gasteiger partial charge in [0, 0.05) is 22.2 Å². The Hall–Kier alpha value is -1.98. The van der Waals surface area contributed by atoms with Crippen molar-refractivity contribution in [3.8, 4) is 0 Å². The molecule has 0 aromatic heterocycles. The lowest BCUT2D eigenvalue weighted by Crippen LogP contribution is -2.34. The van der Waals surface area contributed by atoms with Gasteiger partial charge >= 0.3 is 0 Å². The number of carbonyl (C=O) groups excluding carboxylic acids is 2. The van der Waals surface area contributed by atoms with Crippen LogP contribution in [0.3, 0.4) is 0 Å². The fourth-order valence-corrected chi connectivity index (χ4v) is 3.41. The first kappa shape index (κ1) is 17.8. The number of carbonyl (C=O) groups is 2. The van der Waals surface area contributed by atoms with Gasteiger partial charge in [-0.15, -0.1) is 0 Å². The molecular weight excluding hydrogens is 404 g/mol. The second-order valence-electron chi connectivity index (χ2n) is 6.19. The molecule has 1 heterocycles. The lowest BCUT2D eigenvalue weighted by Gasteiger charge is -2.29. The molecule has 2 aliphatic rings. The summed E-state index contributed by atoms with van der Waals surface area (Å²) in [6, 6.07) is 5.04. The SMILES string of the molecule is CC(C)C1=CC(=O)NC2=CC(=NC(=O)c3cc(Br)ccc3Cl)C=CC21. The molecule has 0 saturated carbocycles. The van der Waals surface area contributed by atoms with Crippen molar-refractivity contribution in [3.63, 3.8) is 0 Å². The van der Waals surface area contributed by atoms with E-state index in [9.17, 15) is 9.59 Å². The summed E-state index contributed by atoms with van der Waals surface area (Å²) in [5.41, 5.74) is 2.60. The van der Waals surface area contributed by atoms with Gasteiger partial charge in [-0.25, -0.2) is 4.99 Å². The van der Waals surface area contributed by atoms with Crippen LogP contribution in [0, 0.1) is 11.8 Å². The van der Waals surface area contributed by atoms with Gasteiger partial charge in [0.1, 0.15) is 0 Å². The highest BCUT2D eigenvalue weighted by atomic mass is 79.9. The maximum atomic E-state index is 12.4. The van der Waals surface area contributed by atoms with Crippen LogP contribution in [0.5, 0.6) is 0 Å². The van der Waals surface area contributed by atoms with E-state index in [1.165, 1.54) is 0 Å². The minimum Gasteiger partial charge on any atom is -0.325 e. The molecule has 6 heteroatoms. The van der Waals surface area contributed by atoms with E-state index in [-0.39, 0.29) is 17.7 Å². The van der Waals surface area contributed by atoms with E-state index in [2.05, 4.69) is 40.1 Å². The molecule has 1 N–H and O–H groups in total. The van der Waals surface area contributed by atoms with Crippen molar-refractivity contribution >= 4 is 45.1 Å². The normalized spacial score (nSPS) is 20.9. The molecule has 1 aliphatic heterocycles. The molecule has 1 aliphatic carbocycles. The molecule has 0 fully saturated rings. The molecule has 1 aromatic carbocycles. The zero-order valence-electron chi connectivity index (χ0n) is 13.7. The second kappa shape index (κ2) is 7.10. The maximum Gasteiger partial charge on any atom is 0.279 e. The van der Waals surface area contributed by atoms with Gasteiger partial charge in [0.2, 0.25) is 5.91 Å². The fraction of sp³-hybridized carbons (Fsp3) is 0.211. The molecule has 0 spiro atoms. The standard InChI is InChI=1S/C19H16BrClN2O2/c1-10(2)14-9-18(24)23-17-8-12(4-5-13(14)17)22-19(25)15-7-11(20)3-6-16(15)21/h3-10,13H,1-2H3,(H,23,24). The van der Waals surface area contributed by atoms with E-state index in [0.29, 0.717) is 16.3 Å². The Morgan fingerprint density at radius 2 is 2.08 bits per heavy atom. The highest BCUT2D eigenvalue weighted by Gasteiger charge is 2.28. The van der Waals surface area contributed by atoms with Crippen LogP contribution in [0.1, 0.15) is 24.2 Å². The molecular formula is C19H16BrClN2O2. The van der Waals surface area contributed by atoms with Gasteiger partial charge in [0.05, 0.1) is 16.3 Å². The summed E-state index contributed by atoms with van der Waals surface area (Å²) in [4.78, 5) is 28.4. The van der Waals surface area contributed by atoms with Gasteiger partial charge in [-0.2, -0.15) is 0 Å². The first-order valence-electron chi connectivity index (χ1n) is 7.85. The summed E-state index contributed by atoms with van der Waals surface area (Å²) >= 11 is 9.41. The van der Waals surface area contributed by atoms with E-state index in [1.807, 2.05) is 6.08 Å². The zero-order chi connectivity index (χ0) is 18.1. The van der Waals surface area contributed by atoms with E-state index >= 15 is 0 Å². The highest BCUT2D eigenvalue weighted by molar-refractivity contribution is 9.10. The smallest absolute Gasteiger partial charge is 0.279 e. The van der Waals surface area contributed by atoms with Crippen molar-refractivity contribution in [3.05, 3.63) is 68.8 Å². The van der Waals surface area contributed by atoms with Crippen LogP contribution < -0.4 is 5.32 Å². The minimum atomic E-state index is -0.428. The minimum absolute atomic E-state index is 0.0150. The molecule has 4 nitrogen and oxygen atoms in total. The number of fused-ring (bicyclic) bond motifs is 1. The van der Waals surface area contributed by atoms with Crippen LogP contribution in [0.4, 0.5) is 0 Å². The third-order valence-electron chi connectivity index (χ3n) is 4.08. The molecule has 0 radical (unpaired) electrons. The third-order valence-corrected chi connectivity index (χ3v) is 4.90. The Morgan fingerprint density at radius 1 is 1.32 bits per heavy atom. The Balaban J connectivity index is 1.91. The van der Waals surface area contributed by atoms with Gasteiger partial charge in [0.15, 0.2) is 0 Å². The molecule has 128 valence electrons. The highest BCUT2D eigenvalue weighted by Crippen LogP contribution is 2.31. The summed E-state index contributed by atoms with van der Waals surface area (Å²) < 4.78 is 0.754. The first-order valence-corrected chi connectivity index (χ1v) is 9.02. The van der Waals surface area contributed by atoms with Crippen LogP contribution >= 0.6 is 27.5 Å². The number of amides is 2. The summed E-state index contributed by atoms with van der Waals surface area (Å²) in [5.74, 6) is -0.309. The molecule has 1 aromatic rings. The van der Waals surface area contributed by atoms with Gasteiger partial charge in [-0.3, -0.25) is 9.59 Å². The number of nitrogens with zero attached hydrogens (tertiary/aromatic N) is 1. The Morgan fingerprint density at radius 3 is 2.80 bits per heavy atom. The molecule has 1 atom stereocenters. The monoisotopic (exact) mass is 418 g/mol. The summed E-state index contributed by atoms with van der Waals surface area (Å²) in [6.07, 6.45) is 7.13. The Labute approximate surface area is 159 Å². The van der Waals surface area contributed by atoms with Crippen molar-refractivity contribution in [2.45, 2.75) is 13.8 Å². The number of hydrogen-bond donors (Lipinski definition) is 1. The molecule has 3 rings (SSSR count). The fourth-order valence-electron chi connectivity index (χ4n) is 2.85. The van der Waals surface area contributed by atoms with Crippen molar-refractivity contribution in [2.75, 3.05) is 0 Å². The van der Waals surface area contributed by atoms with Gasteiger partial charge in [0.25, 0.3) is 5.91 Å². The quantitative estimate of drug-likeness (QED) is 0.769. The van der Waals surface area contributed by atoms with Crippen molar-refractivity contribution in [1.29, 1.82) is 0 Å². The first-order chi connectivity index (χ1) is 11.8. The molecule has 25 heavy (non-hydrogen) atoms. The van der Waals surface area contributed by atoms with Crippen molar-refractivity contribution in [2.24, 2.45) is 16.8 Å². The van der Waals surface area contributed by atoms with Crippen LogP contribution in [-0.4, -0.2) is 17.5 Å². The van der Waals surface area contributed by atoms with Crippen LogP contribution in [0.15, 0.2) is 63.2 Å². The average molecular weight is 420 g/mol. The number of benzene rings is 1. The van der Waals surface area contributed by atoms with E-state index in [0.717, 1.165) is 15.7 Å². The van der Waals surface area contributed by atoms with Gasteiger partial charge in [-0.05, 0) is 41.8 Å². The predicted molar refractivity (Wildman–Crippen MR) is 103 cm³/mol. The number of aliphatic imine (C=N–C) groups is 1. The topological polar surface area (TPSA) is 58.5 Å². The van der Waals surface area contributed by atoms with Crippen molar-refractivity contribution in [1.82, 2.24) is 5.32 Å². The van der Waals surface area contributed by atoms with Gasteiger partial charge in [-0.1, -0.05) is 47.5 Å². The number of hydrogen-bond acceptors (Lipinski definition) is 2. The third kappa shape index (κ3) is 3.83. The lowest BCUT2D eigenvalue weighted by atomic mass is 9.82. The summed E-state index contributed by atoms with van der Waals surface area (Å²) in [6.45, 7) is 4.11. The lowest BCUT2D eigenvalue weighted by molar-refractivity contribution is -0.116. The van der Waals surface area contributed by atoms with Crippen molar-refractivity contribution < 1.29 is 9.59 Å². The number of nitrogens with one attached hydrogen (secondary N) is 1. The molecule has 2 amide bonds. The van der Waals surface area contributed by atoms with E-state index in [4.69, 9.17) is 11.6 Å². The van der Waals surface area contributed by atoms with E-state index in [1.54, 1.807) is 36.4 Å². The number of halogens is 2. The number of allylic oxidation sites excluding steroid dienone is 3. The molecule has 0 saturated heterocycles. The number of rotatable bonds is 2. The summed E-state index contributed by atoms with van der Waals surface area (Å²) in [7, 11) is 0. The zero-order valence-corrected chi connectivity index (χ0v) is 16.1. The second-order valence-corrected chi connectivity index (χ2v) is 7.51. The van der Waals surface area contributed by atoms with Crippen LogP contribution in [0.25, 0.3) is 0 Å². The van der Waals surface area contributed by atoms with Crippen LogP contribution in [0.2, 0.25) is 5.02 Å². The van der Waals surface area contributed by atoms with E-state index < -0.39 is 5.91 Å².